The first-order valence-electron chi connectivity index (χ1n) is 8.11. The summed E-state index contributed by atoms with van der Waals surface area (Å²) in [5, 5.41) is 5.40. The van der Waals surface area contributed by atoms with Crippen molar-refractivity contribution in [2.45, 2.75) is 6.42 Å². The molecule has 1 fully saturated rings. The van der Waals surface area contributed by atoms with Gasteiger partial charge in [0.05, 0.1) is 31.7 Å². The van der Waals surface area contributed by atoms with Crippen LogP contribution < -0.4 is 20.1 Å². The molecule has 0 aliphatic heterocycles. The fourth-order valence-corrected chi connectivity index (χ4v) is 2.71. The summed E-state index contributed by atoms with van der Waals surface area (Å²) in [5.41, 5.74) is 0.851. The zero-order chi connectivity index (χ0) is 18.7. The molecule has 1 aliphatic rings. The summed E-state index contributed by atoms with van der Waals surface area (Å²) >= 11 is 0. The van der Waals surface area contributed by atoms with Crippen molar-refractivity contribution in [1.29, 1.82) is 0 Å². The van der Waals surface area contributed by atoms with Crippen molar-refractivity contribution in [2.24, 2.45) is 11.8 Å². The first kappa shape index (κ1) is 17.7. The molecule has 2 aromatic carbocycles. The minimum absolute atomic E-state index is 0.268. The van der Waals surface area contributed by atoms with Crippen LogP contribution in [0.1, 0.15) is 6.42 Å². The van der Waals surface area contributed by atoms with E-state index in [2.05, 4.69) is 10.6 Å². The predicted molar refractivity (Wildman–Crippen MR) is 94.8 cm³/mol. The van der Waals surface area contributed by atoms with Crippen molar-refractivity contribution in [2.75, 3.05) is 24.9 Å². The average molecular weight is 358 g/mol. The van der Waals surface area contributed by atoms with Crippen molar-refractivity contribution < 1.29 is 23.5 Å². The normalized spacial score (nSPS) is 18.0. The van der Waals surface area contributed by atoms with Crippen LogP contribution in [0.5, 0.6) is 11.5 Å². The standard InChI is InChI=1S/C19H19FN2O4/c1-25-13-6-7-17(26-2)16(9-13)22-19(24)15-10-14(15)18(23)21-12-5-3-4-11(20)8-12/h3-9,14-15H,10H2,1-2H3,(H,21,23)(H,22,24). The van der Waals surface area contributed by atoms with Gasteiger partial charge in [-0.1, -0.05) is 6.07 Å². The lowest BCUT2D eigenvalue weighted by Gasteiger charge is -2.11. The Labute approximate surface area is 150 Å². The molecule has 1 aliphatic carbocycles. The van der Waals surface area contributed by atoms with Crippen LogP contribution in [0.25, 0.3) is 0 Å². The molecular weight excluding hydrogens is 339 g/mol. The fraction of sp³-hybridized carbons (Fsp3) is 0.263. The Hall–Kier alpha value is -3.09. The lowest BCUT2D eigenvalue weighted by molar-refractivity contribution is -0.122. The zero-order valence-electron chi connectivity index (χ0n) is 14.4. The molecule has 2 atom stereocenters. The van der Waals surface area contributed by atoms with Crippen LogP contribution in [0, 0.1) is 17.7 Å². The van der Waals surface area contributed by atoms with Crippen LogP contribution >= 0.6 is 0 Å². The second kappa shape index (κ2) is 7.43. The van der Waals surface area contributed by atoms with Gasteiger partial charge in [0.25, 0.3) is 0 Å². The highest BCUT2D eigenvalue weighted by molar-refractivity contribution is 6.03. The highest BCUT2D eigenvalue weighted by Crippen LogP contribution is 2.41. The van der Waals surface area contributed by atoms with Gasteiger partial charge in [0.2, 0.25) is 11.8 Å². The third-order valence-corrected chi connectivity index (χ3v) is 4.22. The van der Waals surface area contributed by atoms with E-state index in [9.17, 15) is 14.0 Å². The monoisotopic (exact) mass is 358 g/mol. The molecule has 26 heavy (non-hydrogen) atoms. The van der Waals surface area contributed by atoms with Crippen molar-refractivity contribution in [3.8, 4) is 11.5 Å². The van der Waals surface area contributed by atoms with Gasteiger partial charge in [-0.05, 0) is 36.8 Å². The van der Waals surface area contributed by atoms with Crippen LogP contribution in [-0.2, 0) is 9.59 Å². The first-order chi connectivity index (χ1) is 12.5. The minimum atomic E-state index is -0.435. The fourth-order valence-electron chi connectivity index (χ4n) is 2.71. The number of benzene rings is 2. The Morgan fingerprint density at radius 1 is 1.00 bits per heavy atom. The summed E-state index contributed by atoms with van der Waals surface area (Å²) in [4.78, 5) is 24.6. The Morgan fingerprint density at radius 2 is 1.73 bits per heavy atom. The quantitative estimate of drug-likeness (QED) is 0.832. The molecule has 0 bridgehead atoms. The molecule has 0 spiro atoms. The van der Waals surface area contributed by atoms with E-state index in [0.717, 1.165) is 0 Å². The molecule has 136 valence electrons. The van der Waals surface area contributed by atoms with Gasteiger partial charge in [0.1, 0.15) is 17.3 Å². The van der Waals surface area contributed by atoms with Crippen LogP contribution in [0.2, 0.25) is 0 Å². The second-order valence-corrected chi connectivity index (χ2v) is 6.00. The molecule has 3 rings (SSSR count). The molecule has 1 saturated carbocycles. The molecular formula is C19H19FN2O4. The van der Waals surface area contributed by atoms with Crippen molar-refractivity contribution in [3.05, 3.63) is 48.3 Å². The summed E-state index contributed by atoms with van der Waals surface area (Å²) in [6, 6.07) is 10.7. The third kappa shape index (κ3) is 3.93. The Balaban J connectivity index is 1.61. The lowest BCUT2D eigenvalue weighted by atomic mass is 10.2. The number of amides is 2. The van der Waals surface area contributed by atoms with E-state index in [1.165, 1.54) is 32.4 Å². The lowest BCUT2D eigenvalue weighted by Crippen LogP contribution is -2.20. The maximum atomic E-state index is 13.2. The van der Waals surface area contributed by atoms with Crippen LogP contribution in [0.3, 0.4) is 0 Å². The number of carbonyl (C=O) groups excluding carboxylic acids is 2. The van der Waals surface area contributed by atoms with E-state index in [4.69, 9.17) is 9.47 Å². The van der Waals surface area contributed by atoms with E-state index in [-0.39, 0.29) is 11.8 Å². The van der Waals surface area contributed by atoms with E-state index in [1.807, 2.05) is 0 Å². The Morgan fingerprint density at radius 3 is 2.38 bits per heavy atom. The molecule has 2 amide bonds. The van der Waals surface area contributed by atoms with E-state index < -0.39 is 17.7 Å². The number of halogens is 1. The first-order valence-corrected chi connectivity index (χ1v) is 8.11. The molecule has 0 aromatic heterocycles. The number of rotatable bonds is 6. The summed E-state index contributed by atoms with van der Waals surface area (Å²) in [6.45, 7) is 0. The van der Waals surface area contributed by atoms with Crippen molar-refractivity contribution in [1.82, 2.24) is 0 Å². The van der Waals surface area contributed by atoms with E-state index in [0.29, 0.717) is 29.3 Å². The summed E-state index contributed by atoms with van der Waals surface area (Å²) in [7, 11) is 3.03. The molecule has 0 radical (unpaired) electrons. The minimum Gasteiger partial charge on any atom is -0.497 e. The largest absolute Gasteiger partial charge is 0.497 e. The maximum absolute atomic E-state index is 13.2. The highest BCUT2D eigenvalue weighted by atomic mass is 19.1. The van der Waals surface area contributed by atoms with E-state index >= 15 is 0 Å². The third-order valence-electron chi connectivity index (χ3n) is 4.22. The van der Waals surface area contributed by atoms with Crippen LogP contribution in [0.15, 0.2) is 42.5 Å². The average Bonchev–Trinajstić information content (AvgIpc) is 3.42. The highest BCUT2D eigenvalue weighted by Gasteiger charge is 2.48. The summed E-state index contributed by atoms with van der Waals surface area (Å²) in [6.07, 6.45) is 0.444. The SMILES string of the molecule is COc1ccc(OC)c(NC(=O)C2CC2C(=O)Nc2cccc(F)c2)c1. The zero-order valence-corrected chi connectivity index (χ0v) is 14.4. The number of carbonyl (C=O) groups is 2. The predicted octanol–water partition coefficient (Wildman–Crippen LogP) is 3.06. The number of hydrogen-bond donors (Lipinski definition) is 2. The second-order valence-electron chi connectivity index (χ2n) is 6.00. The molecule has 6 nitrogen and oxygen atoms in total. The Bertz CT molecular complexity index is 840. The van der Waals surface area contributed by atoms with E-state index in [1.54, 1.807) is 24.3 Å². The van der Waals surface area contributed by atoms with Crippen LogP contribution in [0.4, 0.5) is 15.8 Å². The Kier molecular flexibility index (Phi) is 5.06. The topological polar surface area (TPSA) is 76.7 Å². The molecule has 2 aromatic rings. The van der Waals surface area contributed by atoms with Crippen LogP contribution in [-0.4, -0.2) is 26.0 Å². The number of nitrogens with one attached hydrogen (secondary N) is 2. The number of hydrogen-bond acceptors (Lipinski definition) is 4. The van der Waals surface area contributed by atoms with Crippen molar-refractivity contribution in [3.63, 3.8) is 0 Å². The number of anilines is 2. The van der Waals surface area contributed by atoms with Gasteiger partial charge in [-0.15, -0.1) is 0 Å². The maximum Gasteiger partial charge on any atom is 0.228 e. The van der Waals surface area contributed by atoms with Gasteiger partial charge >= 0.3 is 0 Å². The van der Waals surface area contributed by atoms with Gasteiger partial charge in [-0.2, -0.15) is 0 Å². The van der Waals surface area contributed by atoms with Gasteiger partial charge in [-0.3, -0.25) is 9.59 Å². The van der Waals surface area contributed by atoms with Crippen molar-refractivity contribution >= 4 is 23.2 Å². The van der Waals surface area contributed by atoms with Gasteiger partial charge in [-0.25, -0.2) is 4.39 Å². The molecule has 2 N–H and O–H groups in total. The summed E-state index contributed by atoms with van der Waals surface area (Å²) in [5.74, 6) is -0.783. The van der Waals surface area contributed by atoms with Gasteiger partial charge in [0.15, 0.2) is 0 Å². The van der Waals surface area contributed by atoms with Gasteiger partial charge in [0, 0.05) is 11.8 Å². The molecule has 2 unspecified atom stereocenters. The smallest absolute Gasteiger partial charge is 0.228 e. The molecule has 0 heterocycles. The summed E-state index contributed by atoms with van der Waals surface area (Å²) < 4.78 is 23.5. The van der Waals surface area contributed by atoms with Gasteiger partial charge < -0.3 is 20.1 Å². The molecule has 0 saturated heterocycles. The number of ether oxygens (including phenoxy) is 2. The number of methoxy groups -OCH3 is 2. The molecule has 7 heteroatoms.